The number of piperidine rings is 1. The molecule has 1 aromatic heterocycles. The molecule has 0 bridgehead atoms. The van der Waals surface area contributed by atoms with Crippen molar-refractivity contribution in [1.29, 1.82) is 0 Å². The highest BCUT2D eigenvalue weighted by molar-refractivity contribution is 7.89. The SMILES string of the molecule is CCOc1ccc(NC(=O)c2ccc(S(=O)(=O)N3CCCCC3)o2)cc1OCC. The smallest absolute Gasteiger partial charge is 0.291 e. The lowest BCUT2D eigenvalue weighted by Gasteiger charge is -2.24. The van der Waals surface area contributed by atoms with Crippen molar-refractivity contribution in [2.45, 2.75) is 38.2 Å². The molecule has 8 nitrogen and oxygen atoms in total. The van der Waals surface area contributed by atoms with Crippen LogP contribution in [-0.4, -0.2) is 44.9 Å². The minimum Gasteiger partial charge on any atom is -0.490 e. The zero-order valence-corrected chi connectivity index (χ0v) is 17.5. The van der Waals surface area contributed by atoms with E-state index < -0.39 is 15.9 Å². The summed E-state index contributed by atoms with van der Waals surface area (Å²) in [6, 6.07) is 7.73. The Morgan fingerprint density at radius 1 is 1.03 bits per heavy atom. The first-order valence-corrected chi connectivity index (χ1v) is 11.2. The molecule has 2 aromatic rings. The van der Waals surface area contributed by atoms with E-state index in [0.717, 1.165) is 19.3 Å². The van der Waals surface area contributed by atoms with Crippen LogP contribution in [-0.2, 0) is 10.0 Å². The number of amides is 1. The van der Waals surface area contributed by atoms with Crippen molar-refractivity contribution in [3.05, 3.63) is 36.1 Å². The number of ether oxygens (including phenoxy) is 2. The lowest BCUT2D eigenvalue weighted by Crippen LogP contribution is -2.35. The van der Waals surface area contributed by atoms with Crippen molar-refractivity contribution in [2.24, 2.45) is 0 Å². The lowest BCUT2D eigenvalue weighted by atomic mass is 10.2. The number of benzene rings is 1. The minimum absolute atomic E-state index is 0.0765. The third-order valence-corrected chi connectivity index (χ3v) is 6.29. The third-order valence-electron chi connectivity index (χ3n) is 4.52. The fourth-order valence-corrected chi connectivity index (χ4v) is 4.56. The van der Waals surface area contributed by atoms with E-state index >= 15 is 0 Å². The quantitative estimate of drug-likeness (QED) is 0.699. The Balaban J connectivity index is 1.74. The van der Waals surface area contributed by atoms with Crippen LogP contribution in [0.5, 0.6) is 11.5 Å². The van der Waals surface area contributed by atoms with Crippen LogP contribution < -0.4 is 14.8 Å². The van der Waals surface area contributed by atoms with Gasteiger partial charge in [0.2, 0.25) is 5.09 Å². The fourth-order valence-electron chi connectivity index (χ4n) is 3.13. The maximum Gasteiger partial charge on any atom is 0.291 e. The number of nitrogens with one attached hydrogen (secondary N) is 1. The summed E-state index contributed by atoms with van der Waals surface area (Å²) in [7, 11) is -3.72. The largest absolute Gasteiger partial charge is 0.490 e. The molecule has 1 aliphatic heterocycles. The van der Waals surface area contributed by atoms with Crippen LogP contribution in [0.4, 0.5) is 5.69 Å². The van der Waals surface area contributed by atoms with Gasteiger partial charge in [-0.15, -0.1) is 0 Å². The Bertz CT molecular complexity index is 948. The molecule has 9 heteroatoms. The summed E-state index contributed by atoms with van der Waals surface area (Å²) in [5, 5.41) is 2.48. The molecular formula is C20H26N2O6S. The van der Waals surface area contributed by atoms with Crippen LogP contribution in [0.25, 0.3) is 0 Å². The third kappa shape index (κ3) is 4.91. The minimum atomic E-state index is -3.72. The molecule has 0 aliphatic carbocycles. The second-order valence-electron chi connectivity index (χ2n) is 6.57. The first-order chi connectivity index (χ1) is 14.0. The second kappa shape index (κ2) is 9.32. The summed E-state index contributed by atoms with van der Waals surface area (Å²) in [5.74, 6) is 0.476. The molecule has 0 radical (unpaired) electrons. The van der Waals surface area contributed by atoms with E-state index in [9.17, 15) is 13.2 Å². The maximum atomic E-state index is 12.7. The van der Waals surface area contributed by atoms with Gasteiger partial charge in [-0.1, -0.05) is 6.42 Å². The topological polar surface area (TPSA) is 98.1 Å². The fraction of sp³-hybridized carbons (Fsp3) is 0.450. The monoisotopic (exact) mass is 422 g/mol. The zero-order chi connectivity index (χ0) is 20.9. The number of nitrogens with zero attached hydrogens (tertiary/aromatic N) is 1. The number of furan rings is 1. The number of anilines is 1. The highest BCUT2D eigenvalue weighted by atomic mass is 32.2. The van der Waals surface area contributed by atoms with Gasteiger partial charge in [-0.05, 0) is 51.0 Å². The summed E-state index contributed by atoms with van der Waals surface area (Å²) < 4.78 is 43.2. The first-order valence-electron chi connectivity index (χ1n) is 9.76. The Labute approximate surface area is 170 Å². The van der Waals surface area contributed by atoms with Crippen molar-refractivity contribution in [3.8, 4) is 11.5 Å². The van der Waals surface area contributed by atoms with Crippen LogP contribution in [0, 0.1) is 0 Å². The molecule has 0 spiro atoms. The van der Waals surface area contributed by atoms with Gasteiger partial charge in [0.25, 0.3) is 15.9 Å². The Morgan fingerprint density at radius 3 is 2.41 bits per heavy atom. The summed E-state index contributed by atoms with van der Waals surface area (Å²) >= 11 is 0. The number of hydrogen-bond donors (Lipinski definition) is 1. The summed E-state index contributed by atoms with van der Waals surface area (Å²) in [5.41, 5.74) is 0.485. The normalized spacial score (nSPS) is 15.1. The van der Waals surface area contributed by atoms with E-state index in [4.69, 9.17) is 13.9 Å². The van der Waals surface area contributed by atoms with Gasteiger partial charge in [0.05, 0.1) is 13.2 Å². The van der Waals surface area contributed by atoms with Gasteiger partial charge in [0, 0.05) is 24.8 Å². The van der Waals surface area contributed by atoms with E-state index in [1.807, 2.05) is 13.8 Å². The highest BCUT2D eigenvalue weighted by Gasteiger charge is 2.29. The van der Waals surface area contributed by atoms with Crippen LogP contribution in [0.15, 0.2) is 39.8 Å². The van der Waals surface area contributed by atoms with E-state index in [-0.39, 0.29) is 10.9 Å². The maximum absolute atomic E-state index is 12.7. The number of rotatable bonds is 8. The molecule has 29 heavy (non-hydrogen) atoms. The van der Waals surface area contributed by atoms with Crippen LogP contribution in [0.3, 0.4) is 0 Å². The van der Waals surface area contributed by atoms with Crippen LogP contribution in [0.1, 0.15) is 43.7 Å². The van der Waals surface area contributed by atoms with Crippen molar-refractivity contribution in [2.75, 3.05) is 31.6 Å². The first kappa shape index (κ1) is 21.2. The van der Waals surface area contributed by atoms with Gasteiger partial charge in [0.15, 0.2) is 17.3 Å². The molecule has 1 amide bonds. The molecule has 1 aliphatic rings. The highest BCUT2D eigenvalue weighted by Crippen LogP contribution is 2.31. The molecule has 1 saturated heterocycles. The number of carbonyl (C=O) groups excluding carboxylic acids is 1. The molecule has 1 N–H and O–H groups in total. The molecule has 3 rings (SSSR count). The van der Waals surface area contributed by atoms with E-state index in [1.54, 1.807) is 18.2 Å². The molecule has 158 valence electrons. The number of hydrogen-bond acceptors (Lipinski definition) is 6. The van der Waals surface area contributed by atoms with E-state index in [2.05, 4.69) is 5.32 Å². The van der Waals surface area contributed by atoms with Gasteiger partial charge >= 0.3 is 0 Å². The Kier molecular flexibility index (Phi) is 6.81. The standard InChI is InChI=1S/C20H26N2O6S/c1-3-26-16-9-8-15(14-18(16)27-4-2)21-20(23)17-10-11-19(28-17)29(24,25)22-12-6-5-7-13-22/h8-11,14H,3-7,12-13H2,1-2H3,(H,21,23). The molecular weight excluding hydrogens is 396 g/mol. The average molecular weight is 423 g/mol. The number of sulfonamides is 1. The summed E-state index contributed by atoms with van der Waals surface area (Å²) in [4.78, 5) is 12.5. The van der Waals surface area contributed by atoms with Crippen LogP contribution in [0.2, 0.25) is 0 Å². The van der Waals surface area contributed by atoms with Crippen LogP contribution >= 0.6 is 0 Å². The van der Waals surface area contributed by atoms with Crippen molar-refractivity contribution >= 4 is 21.6 Å². The van der Waals surface area contributed by atoms with E-state index in [1.165, 1.54) is 16.4 Å². The predicted octanol–water partition coefficient (Wildman–Crippen LogP) is 3.50. The molecule has 1 aromatic carbocycles. The Morgan fingerprint density at radius 2 is 1.72 bits per heavy atom. The number of carbonyl (C=O) groups is 1. The second-order valence-corrected chi connectivity index (χ2v) is 8.43. The summed E-state index contributed by atoms with van der Waals surface area (Å²) in [6.07, 6.45) is 2.67. The lowest BCUT2D eigenvalue weighted by molar-refractivity contribution is 0.0991. The molecule has 0 saturated carbocycles. The van der Waals surface area contributed by atoms with Gasteiger partial charge in [0.1, 0.15) is 0 Å². The molecule has 0 unspecified atom stereocenters. The van der Waals surface area contributed by atoms with Crippen molar-refractivity contribution in [1.82, 2.24) is 4.31 Å². The predicted molar refractivity (Wildman–Crippen MR) is 108 cm³/mol. The molecule has 0 atom stereocenters. The van der Waals surface area contributed by atoms with Gasteiger partial charge < -0.3 is 19.2 Å². The van der Waals surface area contributed by atoms with Gasteiger partial charge in [-0.2, -0.15) is 4.31 Å². The molecule has 1 fully saturated rings. The van der Waals surface area contributed by atoms with E-state index in [0.29, 0.717) is 43.5 Å². The zero-order valence-electron chi connectivity index (χ0n) is 16.6. The Hall–Kier alpha value is -2.52. The van der Waals surface area contributed by atoms with Gasteiger partial charge in [-0.3, -0.25) is 4.79 Å². The molecule has 2 heterocycles. The van der Waals surface area contributed by atoms with Gasteiger partial charge in [-0.25, -0.2) is 8.42 Å². The average Bonchev–Trinajstić information content (AvgIpc) is 3.22. The van der Waals surface area contributed by atoms with Crippen molar-refractivity contribution in [3.63, 3.8) is 0 Å². The summed E-state index contributed by atoms with van der Waals surface area (Å²) in [6.45, 7) is 5.61. The van der Waals surface area contributed by atoms with Crippen molar-refractivity contribution < 1.29 is 27.1 Å².